The molecular weight excluding hydrogens is 406 g/mol. The van der Waals surface area contributed by atoms with Gasteiger partial charge in [-0.1, -0.05) is 24.5 Å². The number of pyridine rings is 1. The molecule has 3 N–H and O–H groups in total. The normalized spacial score (nSPS) is 15.4. The Labute approximate surface area is 187 Å². The molecule has 1 fully saturated rings. The van der Waals surface area contributed by atoms with Gasteiger partial charge < -0.3 is 15.7 Å². The third-order valence-electron chi connectivity index (χ3n) is 5.84. The predicted molar refractivity (Wildman–Crippen MR) is 126 cm³/mol. The molecule has 0 spiro atoms. The van der Waals surface area contributed by atoms with Crippen molar-refractivity contribution in [3.63, 3.8) is 0 Å². The van der Waals surface area contributed by atoms with Crippen molar-refractivity contribution in [3.05, 3.63) is 24.4 Å². The maximum absolute atomic E-state index is 9.37. The molecule has 0 aliphatic heterocycles. The summed E-state index contributed by atoms with van der Waals surface area (Å²) in [4.78, 5) is 9.21. The third kappa shape index (κ3) is 4.36. The number of nitrogens with one attached hydrogen (secondary N) is 2. The fourth-order valence-electron chi connectivity index (χ4n) is 4.04. The van der Waals surface area contributed by atoms with Gasteiger partial charge in [0, 0.05) is 32.4 Å². The summed E-state index contributed by atoms with van der Waals surface area (Å²) in [6, 6.07) is 5.86. The fraction of sp³-hybridized carbons (Fsp3) is 0.500. The van der Waals surface area contributed by atoms with Crippen LogP contribution in [-0.2, 0) is 6.54 Å². The second kappa shape index (κ2) is 9.07. The molecule has 0 aromatic carbocycles. The van der Waals surface area contributed by atoms with Gasteiger partial charge in [-0.05, 0) is 44.9 Å². The largest absolute Gasteiger partial charge is 0.390 e. The number of hydrogen-bond acceptors (Lipinski definition) is 8. The van der Waals surface area contributed by atoms with Crippen LogP contribution in [0.15, 0.2) is 24.4 Å². The first-order valence-corrected chi connectivity index (χ1v) is 11.1. The minimum Gasteiger partial charge on any atom is -0.390 e. The molecule has 10 nitrogen and oxygen atoms in total. The molecule has 10 heteroatoms. The van der Waals surface area contributed by atoms with Crippen molar-refractivity contribution in [3.8, 4) is 11.3 Å². The fourth-order valence-corrected chi connectivity index (χ4v) is 4.04. The Morgan fingerprint density at radius 1 is 1.06 bits per heavy atom. The van der Waals surface area contributed by atoms with Gasteiger partial charge in [0.2, 0.25) is 5.95 Å². The molecule has 32 heavy (non-hydrogen) atoms. The minimum absolute atomic E-state index is 0.321. The second-order valence-corrected chi connectivity index (χ2v) is 8.31. The Morgan fingerprint density at radius 3 is 2.47 bits per heavy atom. The van der Waals surface area contributed by atoms with E-state index in [0.29, 0.717) is 5.95 Å². The number of fused-ring (bicyclic) bond motifs is 2. The van der Waals surface area contributed by atoms with Gasteiger partial charge in [-0.25, -0.2) is 14.2 Å². The van der Waals surface area contributed by atoms with Crippen molar-refractivity contribution in [2.45, 2.75) is 58.1 Å². The first kappa shape index (κ1) is 21.9. The summed E-state index contributed by atoms with van der Waals surface area (Å²) >= 11 is 0. The van der Waals surface area contributed by atoms with Crippen LogP contribution in [0.2, 0.25) is 0 Å². The Kier molecular flexibility index (Phi) is 6.22. The lowest BCUT2D eigenvalue weighted by Crippen LogP contribution is -2.26. The van der Waals surface area contributed by atoms with E-state index in [0.717, 1.165) is 53.1 Å². The monoisotopic (exact) mass is 437 g/mol. The molecule has 1 aliphatic rings. The average molecular weight is 438 g/mol. The summed E-state index contributed by atoms with van der Waals surface area (Å²) in [5.41, 5.74) is 3.89. The van der Waals surface area contributed by atoms with Crippen LogP contribution in [0.3, 0.4) is 0 Å². The second-order valence-electron chi connectivity index (χ2n) is 8.31. The summed E-state index contributed by atoms with van der Waals surface area (Å²) in [5, 5.41) is 28.1. The summed E-state index contributed by atoms with van der Waals surface area (Å²) < 4.78 is 3.58. The number of hydrogen-bond donors (Lipinski definition) is 3. The van der Waals surface area contributed by atoms with Gasteiger partial charge in [0.15, 0.2) is 11.5 Å². The van der Waals surface area contributed by atoms with Gasteiger partial charge in [-0.15, -0.1) is 10.2 Å². The molecule has 0 amide bonds. The molecule has 4 aromatic heterocycles. The van der Waals surface area contributed by atoms with Crippen LogP contribution in [0.25, 0.3) is 27.9 Å². The Balaban J connectivity index is 0.000000260. The Bertz CT molecular complexity index is 1200. The molecule has 170 valence electrons. The van der Waals surface area contributed by atoms with Crippen LogP contribution in [0.1, 0.15) is 46.0 Å². The lowest BCUT2D eigenvalue weighted by Gasteiger charge is -2.27. The van der Waals surface area contributed by atoms with E-state index in [-0.39, 0.29) is 5.60 Å². The van der Waals surface area contributed by atoms with E-state index < -0.39 is 0 Å². The number of anilines is 2. The van der Waals surface area contributed by atoms with E-state index in [9.17, 15) is 5.11 Å². The summed E-state index contributed by atoms with van der Waals surface area (Å²) in [6.45, 7) is 4.68. The molecule has 5 rings (SSSR count). The van der Waals surface area contributed by atoms with Gasteiger partial charge in [-0.2, -0.15) is 4.98 Å². The first-order valence-electron chi connectivity index (χ1n) is 11.1. The molecular formula is C22H31N9O. The summed E-state index contributed by atoms with van der Waals surface area (Å²) in [5.74, 6) is 1.28. The number of rotatable bonds is 4. The van der Waals surface area contributed by atoms with E-state index in [4.69, 9.17) is 4.98 Å². The predicted octanol–water partition coefficient (Wildman–Crippen LogP) is 3.34. The van der Waals surface area contributed by atoms with Gasteiger partial charge in [0.25, 0.3) is 0 Å². The van der Waals surface area contributed by atoms with E-state index in [1.807, 2.05) is 45.3 Å². The van der Waals surface area contributed by atoms with Crippen LogP contribution in [0, 0.1) is 0 Å². The lowest BCUT2D eigenvalue weighted by molar-refractivity contribution is 0.0225. The highest BCUT2D eigenvalue weighted by Crippen LogP contribution is 2.30. The topological polar surface area (TPSA) is 118 Å². The van der Waals surface area contributed by atoms with Gasteiger partial charge in [0.05, 0.1) is 11.3 Å². The number of aromatic nitrogens is 7. The SMILES string of the molecule is CC1(O)CCCCC1.CCn1nnc2ccc(-c3ccn4nc(NC)nc(NC)c34)nc21. The molecule has 1 saturated carbocycles. The van der Waals surface area contributed by atoms with Crippen LogP contribution in [0.5, 0.6) is 0 Å². The van der Waals surface area contributed by atoms with E-state index in [1.54, 1.807) is 16.2 Å². The number of nitrogens with zero attached hydrogens (tertiary/aromatic N) is 7. The zero-order valence-electron chi connectivity index (χ0n) is 19.1. The van der Waals surface area contributed by atoms with Crippen molar-refractivity contribution in [2.75, 3.05) is 24.7 Å². The van der Waals surface area contributed by atoms with E-state index in [2.05, 4.69) is 31.0 Å². The molecule has 4 heterocycles. The van der Waals surface area contributed by atoms with Crippen LogP contribution >= 0.6 is 0 Å². The quantitative estimate of drug-likeness (QED) is 0.445. The van der Waals surface area contributed by atoms with Crippen molar-refractivity contribution in [1.82, 2.24) is 34.6 Å². The molecule has 0 bridgehead atoms. The van der Waals surface area contributed by atoms with Crippen molar-refractivity contribution in [2.24, 2.45) is 0 Å². The average Bonchev–Trinajstić information content (AvgIpc) is 3.42. The van der Waals surface area contributed by atoms with Gasteiger partial charge in [0.1, 0.15) is 11.0 Å². The maximum atomic E-state index is 9.37. The third-order valence-corrected chi connectivity index (χ3v) is 5.84. The molecule has 0 atom stereocenters. The number of aryl methyl sites for hydroxylation is 1. The summed E-state index contributed by atoms with van der Waals surface area (Å²) in [7, 11) is 3.63. The van der Waals surface area contributed by atoms with E-state index >= 15 is 0 Å². The Hall–Kier alpha value is -3.27. The van der Waals surface area contributed by atoms with Crippen molar-refractivity contribution < 1.29 is 5.11 Å². The summed E-state index contributed by atoms with van der Waals surface area (Å²) in [6.07, 6.45) is 7.66. The molecule has 0 radical (unpaired) electrons. The highest BCUT2D eigenvalue weighted by atomic mass is 16.3. The molecule has 1 aliphatic carbocycles. The van der Waals surface area contributed by atoms with E-state index in [1.165, 1.54) is 19.3 Å². The number of aliphatic hydroxyl groups is 1. The molecule has 0 saturated heterocycles. The van der Waals surface area contributed by atoms with Crippen LogP contribution < -0.4 is 10.6 Å². The molecule has 0 unspecified atom stereocenters. The zero-order chi connectivity index (χ0) is 22.7. The zero-order valence-corrected chi connectivity index (χ0v) is 19.1. The highest BCUT2D eigenvalue weighted by molar-refractivity contribution is 5.89. The lowest BCUT2D eigenvalue weighted by atomic mass is 9.87. The van der Waals surface area contributed by atoms with Crippen molar-refractivity contribution in [1.29, 1.82) is 0 Å². The van der Waals surface area contributed by atoms with Crippen molar-refractivity contribution >= 4 is 28.4 Å². The van der Waals surface area contributed by atoms with Gasteiger partial charge >= 0.3 is 0 Å². The maximum Gasteiger partial charge on any atom is 0.242 e. The molecule has 4 aromatic rings. The Morgan fingerprint density at radius 2 is 1.84 bits per heavy atom. The van der Waals surface area contributed by atoms with Crippen LogP contribution in [0.4, 0.5) is 11.8 Å². The smallest absolute Gasteiger partial charge is 0.242 e. The highest BCUT2D eigenvalue weighted by Gasteiger charge is 2.22. The standard InChI is InChI=1S/C15H17N9.C7H14O/c1-4-23-14-11(20-22-23)6-5-10(18-14)9-7-8-24-12(9)13(16-2)19-15(17-3)21-24;1-7(8)5-3-2-4-6-7/h5-8H,4H2,1-3H3,(H2,16,17,19,21);8H,2-6H2,1H3. The van der Waals surface area contributed by atoms with Gasteiger partial charge in [-0.3, -0.25) is 0 Å². The first-order chi connectivity index (χ1) is 15.5. The minimum atomic E-state index is -0.321. The van der Waals surface area contributed by atoms with Crippen LogP contribution in [-0.4, -0.2) is 59.4 Å².